The van der Waals surface area contributed by atoms with Crippen molar-refractivity contribution in [2.75, 3.05) is 0 Å². The fraction of sp³-hybridized carbons (Fsp3) is 0.867. The van der Waals surface area contributed by atoms with E-state index in [1.165, 1.54) is 38.5 Å². The lowest BCUT2D eigenvalue weighted by atomic mass is 9.90. The number of allylic oxidation sites excluding steroid dienone is 1. The summed E-state index contributed by atoms with van der Waals surface area (Å²) in [6, 6.07) is 0. The minimum atomic E-state index is -0.386. The average Bonchev–Trinajstić information content (AvgIpc) is 2.32. The maximum absolute atomic E-state index is 10.1. The molecule has 16 heavy (non-hydrogen) atoms. The van der Waals surface area contributed by atoms with Crippen molar-refractivity contribution in [1.29, 1.82) is 0 Å². The van der Waals surface area contributed by atoms with Crippen molar-refractivity contribution < 1.29 is 5.11 Å². The van der Waals surface area contributed by atoms with Crippen molar-refractivity contribution in [2.45, 2.75) is 83.7 Å². The molecule has 0 rings (SSSR count). The van der Waals surface area contributed by atoms with E-state index in [1.807, 2.05) is 6.08 Å². The molecule has 0 amide bonds. The average molecular weight is 226 g/mol. The molecule has 1 heteroatoms. The Labute approximate surface area is 102 Å². The smallest absolute Gasteiger partial charge is 0.0642 e. The van der Waals surface area contributed by atoms with Gasteiger partial charge in [-0.1, -0.05) is 52.0 Å². The Morgan fingerprint density at radius 3 is 1.94 bits per heavy atom. The Balaban J connectivity index is 3.29. The van der Waals surface area contributed by atoms with Gasteiger partial charge in [0.2, 0.25) is 0 Å². The fourth-order valence-corrected chi connectivity index (χ4v) is 2.05. The van der Waals surface area contributed by atoms with Crippen LogP contribution in [0.4, 0.5) is 0 Å². The molecule has 0 aliphatic carbocycles. The molecule has 0 aliphatic heterocycles. The molecule has 0 aromatic heterocycles. The number of aliphatic hydroxyl groups is 1. The summed E-state index contributed by atoms with van der Waals surface area (Å²) in [6.45, 7) is 7.89. The van der Waals surface area contributed by atoms with Crippen LogP contribution >= 0.6 is 0 Å². The third kappa shape index (κ3) is 7.92. The first-order chi connectivity index (χ1) is 7.68. The lowest BCUT2D eigenvalue weighted by Gasteiger charge is -2.24. The Kier molecular flexibility index (Phi) is 9.71. The predicted octanol–water partition coefficient (Wildman–Crippen LogP) is 4.84. The zero-order chi connectivity index (χ0) is 12.3. The van der Waals surface area contributed by atoms with Gasteiger partial charge in [-0.2, -0.15) is 0 Å². The van der Waals surface area contributed by atoms with E-state index in [1.54, 1.807) is 0 Å². The van der Waals surface area contributed by atoms with E-state index in [0.717, 1.165) is 25.7 Å². The molecule has 1 nitrogen and oxygen atoms in total. The van der Waals surface area contributed by atoms with E-state index in [2.05, 4.69) is 20.4 Å². The van der Waals surface area contributed by atoms with Gasteiger partial charge in [-0.25, -0.2) is 0 Å². The SMILES string of the molecule is C=CCCCCCCCCC(O)(CC)CC. The van der Waals surface area contributed by atoms with Crippen molar-refractivity contribution in [1.82, 2.24) is 0 Å². The number of rotatable bonds is 11. The van der Waals surface area contributed by atoms with Crippen molar-refractivity contribution in [3.63, 3.8) is 0 Å². The van der Waals surface area contributed by atoms with Gasteiger partial charge in [0.15, 0.2) is 0 Å². The molecular weight excluding hydrogens is 196 g/mol. The summed E-state index contributed by atoms with van der Waals surface area (Å²) >= 11 is 0. The molecule has 0 aromatic carbocycles. The molecule has 0 unspecified atom stereocenters. The van der Waals surface area contributed by atoms with Crippen LogP contribution in [-0.4, -0.2) is 10.7 Å². The van der Waals surface area contributed by atoms with Gasteiger partial charge in [-0.05, 0) is 32.1 Å². The molecule has 0 aromatic rings. The van der Waals surface area contributed by atoms with Crippen LogP contribution in [-0.2, 0) is 0 Å². The van der Waals surface area contributed by atoms with E-state index < -0.39 is 0 Å². The zero-order valence-electron chi connectivity index (χ0n) is 11.3. The fourth-order valence-electron chi connectivity index (χ4n) is 2.05. The second-order valence-electron chi connectivity index (χ2n) is 4.88. The predicted molar refractivity (Wildman–Crippen MR) is 72.7 cm³/mol. The lowest BCUT2D eigenvalue weighted by Crippen LogP contribution is -2.26. The number of unbranched alkanes of at least 4 members (excludes halogenated alkanes) is 6. The van der Waals surface area contributed by atoms with Crippen LogP contribution < -0.4 is 0 Å². The van der Waals surface area contributed by atoms with Crippen LogP contribution in [0.1, 0.15) is 78.1 Å². The molecule has 0 radical (unpaired) electrons. The van der Waals surface area contributed by atoms with Gasteiger partial charge in [-0.15, -0.1) is 6.58 Å². The lowest BCUT2D eigenvalue weighted by molar-refractivity contribution is 0.0211. The van der Waals surface area contributed by atoms with E-state index in [0.29, 0.717) is 0 Å². The first-order valence-corrected chi connectivity index (χ1v) is 7.01. The summed E-state index contributed by atoms with van der Waals surface area (Å²) in [5.74, 6) is 0. The second kappa shape index (κ2) is 9.89. The van der Waals surface area contributed by atoms with Gasteiger partial charge in [0, 0.05) is 0 Å². The summed E-state index contributed by atoms with van der Waals surface area (Å²) in [6.07, 6.45) is 13.7. The van der Waals surface area contributed by atoms with Crippen LogP contribution in [0.5, 0.6) is 0 Å². The van der Waals surface area contributed by atoms with Crippen LogP contribution in [0.25, 0.3) is 0 Å². The standard InChI is InChI=1S/C15H30O/c1-4-7-8-9-10-11-12-13-14-15(16,5-2)6-3/h4,16H,1,5-14H2,2-3H3. The molecule has 96 valence electrons. The van der Waals surface area contributed by atoms with Gasteiger partial charge in [0.25, 0.3) is 0 Å². The molecule has 0 spiro atoms. The quantitative estimate of drug-likeness (QED) is 0.394. The number of hydrogen-bond acceptors (Lipinski definition) is 1. The first-order valence-electron chi connectivity index (χ1n) is 7.01. The summed E-state index contributed by atoms with van der Waals surface area (Å²) in [5.41, 5.74) is -0.386. The minimum absolute atomic E-state index is 0.386. The van der Waals surface area contributed by atoms with Gasteiger partial charge in [0.1, 0.15) is 0 Å². The summed E-state index contributed by atoms with van der Waals surface area (Å²) in [5, 5.41) is 10.1. The molecule has 0 aliphatic rings. The zero-order valence-corrected chi connectivity index (χ0v) is 11.3. The maximum atomic E-state index is 10.1. The second-order valence-corrected chi connectivity index (χ2v) is 4.88. The van der Waals surface area contributed by atoms with Gasteiger partial charge < -0.3 is 5.11 Å². The van der Waals surface area contributed by atoms with E-state index in [-0.39, 0.29) is 5.60 Å². The Morgan fingerprint density at radius 1 is 0.938 bits per heavy atom. The Bertz CT molecular complexity index is 159. The Hall–Kier alpha value is -0.300. The molecule has 0 atom stereocenters. The summed E-state index contributed by atoms with van der Waals surface area (Å²) in [7, 11) is 0. The van der Waals surface area contributed by atoms with E-state index >= 15 is 0 Å². The highest BCUT2D eigenvalue weighted by atomic mass is 16.3. The normalized spacial score (nSPS) is 11.7. The molecule has 0 heterocycles. The highest BCUT2D eigenvalue weighted by molar-refractivity contribution is 4.74. The molecule has 0 bridgehead atoms. The largest absolute Gasteiger partial charge is 0.390 e. The van der Waals surface area contributed by atoms with Crippen LogP contribution in [0.2, 0.25) is 0 Å². The molecule has 1 N–H and O–H groups in total. The Morgan fingerprint density at radius 2 is 1.44 bits per heavy atom. The minimum Gasteiger partial charge on any atom is -0.390 e. The highest BCUT2D eigenvalue weighted by Crippen LogP contribution is 2.22. The highest BCUT2D eigenvalue weighted by Gasteiger charge is 2.20. The monoisotopic (exact) mass is 226 g/mol. The number of hydrogen-bond donors (Lipinski definition) is 1. The third-order valence-corrected chi connectivity index (χ3v) is 3.62. The van der Waals surface area contributed by atoms with Gasteiger partial charge >= 0.3 is 0 Å². The molecule has 0 fully saturated rings. The van der Waals surface area contributed by atoms with Crippen molar-refractivity contribution >= 4 is 0 Å². The molecule has 0 saturated carbocycles. The summed E-state index contributed by atoms with van der Waals surface area (Å²) < 4.78 is 0. The van der Waals surface area contributed by atoms with Crippen molar-refractivity contribution in [3.05, 3.63) is 12.7 Å². The van der Waals surface area contributed by atoms with Gasteiger partial charge in [0.05, 0.1) is 5.60 Å². The van der Waals surface area contributed by atoms with Crippen LogP contribution in [0, 0.1) is 0 Å². The van der Waals surface area contributed by atoms with Crippen LogP contribution in [0.15, 0.2) is 12.7 Å². The topological polar surface area (TPSA) is 20.2 Å². The first kappa shape index (κ1) is 15.7. The maximum Gasteiger partial charge on any atom is 0.0642 e. The van der Waals surface area contributed by atoms with Crippen molar-refractivity contribution in [2.24, 2.45) is 0 Å². The van der Waals surface area contributed by atoms with E-state index in [9.17, 15) is 5.11 Å². The molecular formula is C15H30O. The van der Waals surface area contributed by atoms with Crippen LogP contribution in [0.3, 0.4) is 0 Å². The van der Waals surface area contributed by atoms with Gasteiger partial charge in [-0.3, -0.25) is 0 Å². The van der Waals surface area contributed by atoms with Crippen molar-refractivity contribution in [3.8, 4) is 0 Å². The third-order valence-electron chi connectivity index (χ3n) is 3.62. The summed E-state index contributed by atoms with van der Waals surface area (Å²) in [4.78, 5) is 0. The molecule has 0 saturated heterocycles. The van der Waals surface area contributed by atoms with E-state index in [4.69, 9.17) is 0 Å².